The van der Waals surface area contributed by atoms with Crippen LogP contribution in [0, 0.1) is 37.1 Å². The lowest BCUT2D eigenvalue weighted by Gasteiger charge is -2.46. The normalized spacial score (nSPS) is 22.5. The first-order valence-corrected chi connectivity index (χ1v) is 28.8. The number of aliphatic hydroxyl groups is 3. The van der Waals surface area contributed by atoms with E-state index in [4.69, 9.17) is 93.3 Å². The smallest absolute Gasteiger partial charge is 0.246 e. The Hall–Kier alpha value is -6.48. The number of aryl methyl sites for hydroxylation is 2. The molecule has 0 aliphatic carbocycles. The fourth-order valence-corrected chi connectivity index (χ4v) is 11.2. The minimum Gasteiger partial charge on any atom is -0.394 e. The predicted molar refractivity (Wildman–Crippen MR) is 307 cm³/mol. The maximum absolute atomic E-state index is 14.8. The molecule has 8 aromatic rings. The first-order chi connectivity index (χ1) is 42.0. The number of aromatic nitrogens is 12. The number of amides is 2. The van der Waals surface area contributed by atoms with Gasteiger partial charge in [0.2, 0.25) is 11.8 Å². The third-order valence-corrected chi connectivity index (χ3v) is 16.1. The van der Waals surface area contributed by atoms with E-state index < -0.39 is 132 Å². The molecule has 24 nitrogen and oxygen atoms in total. The fourth-order valence-electron chi connectivity index (χ4n) is 10.3. The van der Waals surface area contributed by atoms with Crippen LogP contribution in [0.4, 0.5) is 17.6 Å². The summed E-state index contributed by atoms with van der Waals surface area (Å²) in [5, 5.41) is 64.3. The molecule has 5 N–H and O–H groups in total. The summed E-state index contributed by atoms with van der Waals surface area (Å²) >= 11 is 37.7. The van der Waals surface area contributed by atoms with Gasteiger partial charge in [-0.25, -0.2) is 46.3 Å². The van der Waals surface area contributed by atoms with Gasteiger partial charge in [-0.3, -0.25) is 9.59 Å². The van der Waals surface area contributed by atoms with Gasteiger partial charge in [0.05, 0.1) is 46.5 Å². The lowest BCUT2D eigenvalue weighted by molar-refractivity contribution is -0.241. The van der Waals surface area contributed by atoms with Crippen molar-refractivity contribution in [2.75, 3.05) is 40.0 Å². The third kappa shape index (κ3) is 13.5. The highest BCUT2D eigenvalue weighted by Gasteiger charge is 2.53. The molecule has 466 valence electrons. The second kappa shape index (κ2) is 27.3. The molecule has 2 saturated heterocycles. The van der Waals surface area contributed by atoms with Gasteiger partial charge >= 0.3 is 0 Å². The van der Waals surface area contributed by atoms with Crippen LogP contribution in [0.15, 0.2) is 73.1 Å². The molecule has 0 saturated carbocycles. The molecule has 0 bridgehead atoms. The number of ether oxygens (including phenoxy) is 5. The fraction of sp³-hybridized carbons (Fsp3) is 0.370. The maximum atomic E-state index is 14.8. The number of hydrogen-bond donors (Lipinski definition) is 5. The molecule has 2 amide bonds. The molecule has 4 aromatic carbocycles. The van der Waals surface area contributed by atoms with E-state index in [9.17, 15) is 42.5 Å². The van der Waals surface area contributed by atoms with Crippen LogP contribution in [0.1, 0.15) is 54.5 Å². The summed E-state index contributed by atoms with van der Waals surface area (Å²) < 4.78 is 95.6. The Morgan fingerprint density at radius 2 is 1.09 bits per heavy atom. The molecule has 2 fully saturated rings. The van der Waals surface area contributed by atoms with E-state index >= 15 is 0 Å². The number of methoxy groups -OCH3 is 1. The topological polar surface area (TPSA) is 288 Å². The van der Waals surface area contributed by atoms with E-state index in [1.54, 1.807) is 32.0 Å². The molecule has 2 aliphatic rings. The van der Waals surface area contributed by atoms with Crippen LogP contribution < -0.4 is 10.6 Å². The zero-order valence-electron chi connectivity index (χ0n) is 46.2. The SMILES string of the molecule is COC1C([C@@H](C)O)OC(c2nc(C)nn2-c2cc(Cl)ccc2Cl)C(OCC(=O)NCCNC(=O)COC2C(c3nc(C)nn3-c3cc(Cl)ccc3Cl)OC(CO)C(O)C2n2cc(-c3cc(F)c(Cl)c(F)c3)nn2)C1n1cc(-c2cc(F)c(Cl)c(F)c2)nn1. The van der Waals surface area contributed by atoms with Gasteiger partial charge in [-0.05, 0) is 81.4 Å². The molecular weight excluding hydrogens is 1290 g/mol. The van der Waals surface area contributed by atoms with Crippen molar-refractivity contribution in [3.05, 3.63) is 150 Å². The number of carbonyl (C=O) groups excluding carboxylic acids is 2. The van der Waals surface area contributed by atoms with E-state index in [1.165, 1.54) is 58.7 Å². The molecule has 11 atom stereocenters. The van der Waals surface area contributed by atoms with Gasteiger partial charge in [0, 0.05) is 41.4 Å². The minimum atomic E-state index is -1.65. The molecule has 6 heterocycles. The number of nitrogens with zero attached hydrogens (tertiary/aromatic N) is 12. The molecule has 10 unspecified atom stereocenters. The summed E-state index contributed by atoms with van der Waals surface area (Å²) in [6.07, 6.45) is -9.47. The number of rotatable bonds is 20. The van der Waals surface area contributed by atoms with Gasteiger partial charge in [0.1, 0.15) is 130 Å². The highest BCUT2D eigenvalue weighted by Crippen LogP contribution is 2.45. The van der Waals surface area contributed by atoms with Crippen LogP contribution in [-0.4, -0.2) is 169 Å². The van der Waals surface area contributed by atoms with Gasteiger partial charge in [0.25, 0.3) is 0 Å². The zero-order valence-corrected chi connectivity index (χ0v) is 50.7. The second-order valence-corrected chi connectivity index (χ2v) is 22.6. The Balaban J connectivity index is 0.888. The van der Waals surface area contributed by atoms with Crippen molar-refractivity contribution >= 4 is 81.4 Å². The lowest BCUT2D eigenvalue weighted by Crippen LogP contribution is -2.57. The molecule has 88 heavy (non-hydrogen) atoms. The second-order valence-electron chi connectivity index (χ2n) is 20.2. The Kier molecular flexibility index (Phi) is 20.0. The van der Waals surface area contributed by atoms with Crippen LogP contribution in [-0.2, 0) is 33.3 Å². The van der Waals surface area contributed by atoms with Crippen LogP contribution >= 0.6 is 69.6 Å². The van der Waals surface area contributed by atoms with E-state index in [-0.39, 0.29) is 85.3 Å². The highest BCUT2D eigenvalue weighted by atomic mass is 35.5. The summed E-state index contributed by atoms with van der Waals surface area (Å²) in [5.41, 5.74) is 0.352. The van der Waals surface area contributed by atoms with Crippen LogP contribution in [0.3, 0.4) is 0 Å². The number of hydrogen-bond acceptors (Lipinski definition) is 18. The Morgan fingerprint density at radius 1 is 0.659 bits per heavy atom. The Labute approximate surface area is 526 Å². The number of aliphatic hydroxyl groups excluding tert-OH is 3. The molecule has 10 rings (SSSR count). The third-order valence-electron chi connectivity index (χ3n) is 14.2. The number of halogens is 10. The largest absolute Gasteiger partial charge is 0.394 e. The summed E-state index contributed by atoms with van der Waals surface area (Å²) in [4.78, 5) is 36.9. The quantitative estimate of drug-likeness (QED) is 0.0285. The van der Waals surface area contributed by atoms with Crippen molar-refractivity contribution in [1.82, 2.24) is 70.2 Å². The first-order valence-electron chi connectivity index (χ1n) is 26.5. The van der Waals surface area contributed by atoms with E-state index in [1.807, 2.05) is 0 Å². The van der Waals surface area contributed by atoms with Gasteiger partial charge in [-0.1, -0.05) is 80.0 Å². The summed E-state index contributed by atoms with van der Waals surface area (Å²) in [7, 11) is 1.34. The maximum Gasteiger partial charge on any atom is 0.246 e. The monoisotopic (exact) mass is 1340 g/mol. The van der Waals surface area contributed by atoms with Crippen LogP contribution in [0.5, 0.6) is 0 Å². The van der Waals surface area contributed by atoms with E-state index in [2.05, 4.69) is 51.4 Å². The van der Waals surface area contributed by atoms with Crippen molar-refractivity contribution in [1.29, 1.82) is 0 Å². The predicted octanol–water partition coefficient (Wildman–Crippen LogP) is 7.27. The number of benzene rings is 4. The summed E-state index contributed by atoms with van der Waals surface area (Å²) in [6, 6.07) is 10.5. The van der Waals surface area contributed by atoms with Crippen molar-refractivity contribution in [3.8, 4) is 33.9 Å². The summed E-state index contributed by atoms with van der Waals surface area (Å²) in [6.45, 7) is 2.03. The molecule has 2 aliphatic heterocycles. The lowest BCUT2D eigenvalue weighted by atomic mass is 9.89. The van der Waals surface area contributed by atoms with Crippen molar-refractivity contribution in [2.24, 2.45) is 0 Å². The highest BCUT2D eigenvalue weighted by molar-refractivity contribution is 6.35. The zero-order chi connectivity index (χ0) is 63.0. The van der Waals surface area contributed by atoms with Crippen molar-refractivity contribution in [3.63, 3.8) is 0 Å². The Morgan fingerprint density at radius 3 is 1.52 bits per heavy atom. The van der Waals surface area contributed by atoms with E-state index in [0.717, 1.165) is 28.9 Å². The van der Waals surface area contributed by atoms with Crippen molar-refractivity contribution in [2.45, 2.75) is 87.8 Å². The van der Waals surface area contributed by atoms with Gasteiger partial charge < -0.3 is 49.6 Å². The van der Waals surface area contributed by atoms with Gasteiger partial charge in [-0.15, -0.1) is 10.2 Å². The van der Waals surface area contributed by atoms with Crippen molar-refractivity contribution < 1.29 is 66.2 Å². The minimum absolute atomic E-state index is 0.00961. The van der Waals surface area contributed by atoms with Gasteiger partial charge in [0.15, 0.2) is 11.6 Å². The average molecular weight is 1340 g/mol. The molecule has 4 aromatic heterocycles. The van der Waals surface area contributed by atoms with Crippen LogP contribution in [0.25, 0.3) is 33.9 Å². The first kappa shape index (κ1) is 64.5. The number of carbonyl (C=O) groups is 2. The molecular formula is C54H50Cl6F4N14O10. The molecule has 0 radical (unpaired) electrons. The number of nitrogens with one attached hydrogen (secondary N) is 2. The van der Waals surface area contributed by atoms with Gasteiger partial charge in [-0.2, -0.15) is 10.2 Å². The molecule has 0 spiro atoms. The Bertz CT molecular complexity index is 3840. The van der Waals surface area contributed by atoms with E-state index in [0.29, 0.717) is 5.02 Å². The van der Waals surface area contributed by atoms with Crippen LogP contribution in [0.2, 0.25) is 30.1 Å². The average Bonchev–Trinajstić information content (AvgIpc) is 1.73. The molecule has 34 heteroatoms. The summed E-state index contributed by atoms with van der Waals surface area (Å²) in [5.74, 6) is -5.20. The standard InChI is InChI=1S/C54H50Cl6F4N14O10/c1-22(80)47-48(84-4)45(76-18-36(70-74-76)26-13-33(63)43(60)34(64)14-26)50(52(88-47)54-68-24(3)72-78(54)38-16-28(56)6-8-30(38)58)86-21-41(82)66-10-9-65-40(81)20-85-49-44(75-17-35(69-73-75)25-11-31(61)42(59)32(62)12-25)46(83)39(19-79)87-51(49)53-67-23(2)71-77(53)37-15-27(55)5-7-29(37)57/h5-8,11-18,22,39,44-52,79-80,83H,9-10,19-21H2,1-4H3,(H,65,81)(H,66,82)/t22-,39?,44?,45?,46?,47?,48?,49?,50?,51?,52?/m1/s1.